The van der Waals surface area contributed by atoms with Gasteiger partial charge in [-0.1, -0.05) is 12.1 Å². The number of rotatable bonds is 4. The molecule has 1 atom stereocenters. The molecule has 0 saturated carbocycles. The molecule has 0 fully saturated rings. The number of nitrogens with zero attached hydrogens (tertiary/aromatic N) is 2. The Morgan fingerprint density at radius 2 is 2.18 bits per heavy atom. The summed E-state index contributed by atoms with van der Waals surface area (Å²) in [6, 6.07) is 7.86. The Balaban J connectivity index is 2.31. The van der Waals surface area contributed by atoms with Crippen LogP contribution in [0.15, 0.2) is 35.3 Å². The predicted molar refractivity (Wildman–Crippen MR) is 68.9 cm³/mol. The molecule has 0 bridgehead atoms. The van der Waals surface area contributed by atoms with Crippen LogP contribution in [-0.4, -0.2) is 15.6 Å². The number of benzene rings is 1. The molecule has 0 saturated heterocycles. The average molecular weight is 231 g/mol. The lowest BCUT2D eigenvalue weighted by molar-refractivity contribution is 0.557. The highest BCUT2D eigenvalue weighted by Crippen LogP contribution is 2.09. The third-order valence-electron chi connectivity index (χ3n) is 2.79. The molecule has 90 valence electrons. The first-order valence-corrected chi connectivity index (χ1v) is 5.88. The van der Waals surface area contributed by atoms with E-state index in [1.807, 2.05) is 31.2 Å². The van der Waals surface area contributed by atoms with Crippen LogP contribution in [0, 0.1) is 0 Å². The number of aryl methyl sites for hydroxylation is 1. The molecule has 0 radical (unpaired) electrons. The van der Waals surface area contributed by atoms with Crippen LogP contribution in [0.25, 0.3) is 11.0 Å². The summed E-state index contributed by atoms with van der Waals surface area (Å²) in [5.74, 6) is 0. The van der Waals surface area contributed by atoms with Crippen LogP contribution in [-0.2, 0) is 6.54 Å². The van der Waals surface area contributed by atoms with E-state index in [2.05, 4.69) is 4.98 Å². The number of aromatic nitrogens is 2. The smallest absolute Gasteiger partial charge is 0.269 e. The fourth-order valence-electron chi connectivity index (χ4n) is 1.92. The van der Waals surface area contributed by atoms with Crippen LogP contribution in [0.2, 0.25) is 0 Å². The van der Waals surface area contributed by atoms with Crippen molar-refractivity contribution in [2.75, 3.05) is 0 Å². The molecule has 2 N–H and O–H groups in total. The minimum Gasteiger partial charge on any atom is -0.328 e. The zero-order valence-electron chi connectivity index (χ0n) is 9.97. The highest BCUT2D eigenvalue weighted by molar-refractivity contribution is 5.74. The highest BCUT2D eigenvalue weighted by Gasteiger charge is 2.03. The van der Waals surface area contributed by atoms with E-state index in [0.717, 1.165) is 23.9 Å². The lowest BCUT2D eigenvalue weighted by Gasteiger charge is -2.10. The van der Waals surface area contributed by atoms with Crippen LogP contribution in [0.1, 0.15) is 19.8 Å². The van der Waals surface area contributed by atoms with Crippen molar-refractivity contribution in [3.63, 3.8) is 0 Å². The van der Waals surface area contributed by atoms with Gasteiger partial charge in [0.05, 0.1) is 17.2 Å². The number of hydrogen-bond acceptors (Lipinski definition) is 3. The van der Waals surface area contributed by atoms with E-state index in [-0.39, 0.29) is 11.6 Å². The summed E-state index contributed by atoms with van der Waals surface area (Å²) in [4.78, 5) is 15.9. The SMILES string of the molecule is CC(N)CCCn1c(=O)cnc2ccccc21. The Kier molecular flexibility index (Phi) is 3.54. The second kappa shape index (κ2) is 5.10. The van der Waals surface area contributed by atoms with E-state index in [0.29, 0.717) is 6.54 Å². The molecule has 4 heteroatoms. The van der Waals surface area contributed by atoms with Crippen molar-refractivity contribution in [1.82, 2.24) is 9.55 Å². The van der Waals surface area contributed by atoms with Gasteiger partial charge in [-0.05, 0) is 31.9 Å². The van der Waals surface area contributed by atoms with Gasteiger partial charge in [0.2, 0.25) is 0 Å². The van der Waals surface area contributed by atoms with Crippen molar-refractivity contribution in [2.45, 2.75) is 32.4 Å². The van der Waals surface area contributed by atoms with Gasteiger partial charge in [0.1, 0.15) is 0 Å². The predicted octanol–water partition coefficient (Wildman–Crippen LogP) is 1.52. The zero-order chi connectivity index (χ0) is 12.3. The maximum atomic E-state index is 11.8. The van der Waals surface area contributed by atoms with Crippen LogP contribution >= 0.6 is 0 Å². The standard InChI is InChI=1S/C13H17N3O/c1-10(14)5-4-8-16-12-7-3-2-6-11(12)15-9-13(16)17/h2-3,6-7,9-10H,4-5,8,14H2,1H3. The Labute approximate surface area is 100 Å². The van der Waals surface area contributed by atoms with E-state index < -0.39 is 0 Å². The molecule has 1 aromatic carbocycles. The average Bonchev–Trinajstić information content (AvgIpc) is 2.32. The number of fused-ring (bicyclic) bond motifs is 1. The molecule has 0 spiro atoms. The van der Waals surface area contributed by atoms with E-state index in [1.54, 1.807) is 4.57 Å². The molecular formula is C13H17N3O. The summed E-state index contributed by atoms with van der Waals surface area (Å²) in [6.45, 7) is 2.68. The largest absolute Gasteiger partial charge is 0.328 e. The fraction of sp³-hybridized carbons (Fsp3) is 0.385. The van der Waals surface area contributed by atoms with Crippen LogP contribution < -0.4 is 11.3 Å². The third-order valence-corrected chi connectivity index (χ3v) is 2.79. The summed E-state index contributed by atoms with van der Waals surface area (Å²) in [5, 5.41) is 0. The minimum absolute atomic E-state index is 0.0478. The van der Waals surface area contributed by atoms with Crippen LogP contribution in [0.4, 0.5) is 0 Å². The van der Waals surface area contributed by atoms with Crippen LogP contribution in [0.3, 0.4) is 0 Å². The first-order valence-electron chi connectivity index (χ1n) is 5.88. The molecule has 0 amide bonds. The Hall–Kier alpha value is -1.68. The van der Waals surface area contributed by atoms with Gasteiger partial charge in [0, 0.05) is 12.6 Å². The Bertz CT molecular complexity index is 560. The van der Waals surface area contributed by atoms with E-state index in [1.165, 1.54) is 6.20 Å². The maximum absolute atomic E-state index is 11.8. The van der Waals surface area contributed by atoms with Gasteiger partial charge < -0.3 is 10.3 Å². The van der Waals surface area contributed by atoms with Gasteiger partial charge in [0.15, 0.2) is 0 Å². The third kappa shape index (κ3) is 2.71. The van der Waals surface area contributed by atoms with E-state index >= 15 is 0 Å². The lowest BCUT2D eigenvalue weighted by atomic mass is 10.2. The summed E-state index contributed by atoms with van der Waals surface area (Å²) >= 11 is 0. The fourth-order valence-corrected chi connectivity index (χ4v) is 1.92. The Morgan fingerprint density at radius 1 is 1.41 bits per heavy atom. The highest BCUT2D eigenvalue weighted by atomic mass is 16.1. The van der Waals surface area contributed by atoms with Crippen LogP contribution in [0.5, 0.6) is 0 Å². The maximum Gasteiger partial charge on any atom is 0.269 e. The summed E-state index contributed by atoms with van der Waals surface area (Å²) in [6.07, 6.45) is 3.21. The topological polar surface area (TPSA) is 60.9 Å². The molecule has 2 rings (SSSR count). The first-order chi connectivity index (χ1) is 8.18. The number of hydrogen-bond donors (Lipinski definition) is 1. The first kappa shape index (κ1) is 11.8. The van der Waals surface area contributed by atoms with Gasteiger partial charge in [0.25, 0.3) is 5.56 Å². The zero-order valence-corrected chi connectivity index (χ0v) is 9.97. The second-order valence-corrected chi connectivity index (χ2v) is 4.36. The van der Waals surface area contributed by atoms with Crippen molar-refractivity contribution in [1.29, 1.82) is 0 Å². The summed E-state index contributed by atoms with van der Waals surface area (Å²) < 4.78 is 1.77. The molecule has 1 unspecified atom stereocenters. The molecule has 0 aliphatic carbocycles. The van der Waals surface area contributed by atoms with Crippen molar-refractivity contribution in [3.8, 4) is 0 Å². The van der Waals surface area contributed by atoms with Crippen molar-refractivity contribution < 1.29 is 0 Å². The molecule has 1 heterocycles. The lowest BCUT2D eigenvalue weighted by Crippen LogP contribution is -2.22. The molecule has 17 heavy (non-hydrogen) atoms. The van der Waals surface area contributed by atoms with Crippen molar-refractivity contribution >= 4 is 11.0 Å². The monoisotopic (exact) mass is 231 g/mol. The van der Waals surface area contributed by atoms with Gasteiger partial charge in [-0.15, -0.1) is 0 Å². The quantitative estimate of drug-likeness (QED) is 0.868. The molecule has 0 aliphatic heterocycles. The van der Waals surface area contributed by atoms with E-state index in [9.17, 15) is 4.79 Å². The summed E-state index contributed by atoms with van der Waals surface area (Å²) in [5.41, 5.74) is 7.41. The molecule has 4 nitrogen and oxygen atoms in total. The molecule has 1 aromatic heterocycles. The normalized spacial score (nSPS) is 12.8. The molecule has 0 aliphatic rings. The van der Waals surface area contributed by atoms with Gasteiger partial charge in [-0.25, -0.2) is 4.98 Å². The molecule has 2 aromatic rings. The number of nitrogens with two attached hydrogens (primary N) is 1. The summed E-state index contributed by atoms with van der Waals surface area (Å²) in [7, 11) is 0. The second-order valence-electron chi connectivity index (χ2n) is 4.36. The van der Waals surface area contributed by atoms with Crippen molar-refractivity contribution in [2.24, 2.45) is 5.73 Å². The Morgan fingerprint density at radius 3 is 2.94 bits per heavy atom. The minimum atomic E-state index is -0.0478. The van der Waals surface area contributed by atoms with Crippen molar-refractivity contribution in [3.05, 3.63) is 40.8 Å². The van der Waals surface area contributed by atoms with Gasteiger partial charge >= 0.3 is 0 Å². The van der Waals surface area contributed by atoms with E-state index in [4.69, 9.17) is 5.73 Å². The number of para-hydroxylation sites is 2. The van der Waals surface area contributed by atoms with Gasteiger partial charge in [-0.2, -0.15) is 0 Å². The van der Waals surface area contributed by atoms with Gasteiger partial charge in [-0.3, -0.25) is 4.79 Å². The molecular weight excluding hydrogens is 214 g/mol.